The normalized spacial score (nSPS) is 30.1. The lowest BCUT2D eigenvalue weighted by Gasteiger charge is -2.50. The molecule has 2 rings (SSSR count). The summed E-state index contributed by atoms with van der Waals surface area (Å²) in [6.45, 7) is 8.78. The van der Waals surface area contributed by atoms with Crippen LogP contribution in [0.3, 0.4) is 0 Å². The molecule has 4 heteroatoms. The first-order chi connectivity index (χ1) is 6.73. The highest BCUT2D eigenvalue weighted by Gasteiger charge is 2.50. The Hall–Kier alpha value is -0.0900. The van der Waals surface area contributed by atoms with Crippen LogP contribution in [0.25, 0.3) is 0 Å². The lowest BCUT2D eigenvalue weighted by Crippen LogP contribution is -2.57. The third-order valence-electron chi connectivity index (χ3n) is 3.82. The zero-order valence-corrected chi connectivity index (χ0v) is 10.7. The first kappa shape index (κ1) is 11.4. The molecule has 0 radical (unpaired) electrons. The summed E-state index contributed by atoms with van der Waals surface area (Å²) >= 11 is 0. The van der Waals surface area contributed by atoms with Gasteiger partial charge in [-0.15, -0.1) is 0 Å². The van der Waals surface area contributed by atoms with E-state index < -0.39 is 9.84 Å². The first-order valence-corrected chi connectivity index (χ1v) is 7.50. The van der Waals surface area contributed by atoms with E-state index in [9.17, 15) is 8.42 Å². The number of rotatable bonds is 0. The Balaban J connectivity index is 1.94. The molecule has 1 spiro atoms. The SMILES string of the molecule is CC(C)(C)N1CCC2(CC1)CS(=O)(=O)C2. The van der Waals surface area contributed by atoms with Gasteiger partial charge in [0.2, 0.25) is 0 Å². The van der Waals surface area contributed by atoms with Gasteiger partial charge in [-0.1, -0.05) is 0 Å². The van der Waals surface area contributed by atoms with Crippen LogP contribution in [0.15, 0.2) is 0 Å². The van der Waals surface area contributed by atoms with E-state index in [4.69, 9.17) is 0 Å². The van der Waals surface area contributed by atoms with Gasteiger partial charge in [-0.05, 0) is 46.7 Å². The first-order valence-electron chi connectivity index (χ1n) is 5.68. The van der Waals surface area contributed by atoms with Crippen molar-refractivity contribution in [3.05, 3.63) is 0 Å². The summed E-state index contributed by atoms with van der Waals surface area (Å²) in [5.74, 6) is 0.885. The average molecular weight is 231 g/mol. The largest absolute Gasteiger partial charge is 0.298 e. The van der Waals surface area contributed by atoms with E-state index in [1.807, 2.05) is 0 Å². The molecule has 0 aromatic heterocycles. The fraction of sp³-hybridized carbons (Fsp3) is 1.00. The molecule has 0 unspecified atom stereocenters. The van der Waals surface area contributed by atoms with Crippen LogP contribution < -0.4 is 0 Å². The van der Waals surface area contributed by atoms with Crippen LogP contribution in [-0.4, -0.2) is 43.5 Å². The van der Waals surface area contributed by atoms with Crippen LogP contribution in [0.4, 0.5) is 0 Å². The van der Waals surface area contributed by atoms with Gasteiger partial charge in [0, 0.05) is 11.0 Å². The minimum Gasteiger partial charge on any atom is -0.298 e. The summed E-state index contributed by atoms with van der Waals surface area (Å²) in [7, 11) is -2.66. The Morgan fingerprint density at radius 1 is 1.07 bits per heavy atom. The molecule has 3 nitrogen and oxygen atoms in total. The molecule has 2 aliphatic heterocycles. The number of hydrogen-bond acceptors (Lipinski definition) is 3. The quantitative estimate of drug-likeness (QED) is 0.630. The van der Waals surface area contributed by atoms with E-state index in [1.165, 1.54) is 0 Å². The molecule has 2 fully saturated rings. The molecule has 0 aliphatic carbocycles. The molecule has 15 heavy (non-hydrogen) atoms. The van der Waals surface area contributed by atoms with E-state index in [2.05, 4.69) is 25.7 Å². The third kappa shape index (κ3) is 2.21. The molecular weight excluding hydrogens is 210 g/mol. The number of sulfone groups is 1. The molecule has 0 saturated carbocycles. The summed E-state index contributed by atoms with van der Waals surface area (Å²) < 4.78 is 22.5. The van der Waals surface area contributed by atoms with E-state index >= 15 is 0 Å². The Morgan fingerprint density at radius 3 is 1.87 bits per heavy atom. The predicted octanol–water partition coefficient (Wildman–Crippen LogP) is 1.30. The van der Waals surface area contributed by atoms with Crippen molar-refractivity contribution >= 4 is 9.84 Å². The smallest absolute Gasteiger partial charge is 0.151 e. The number of hydrogen-bond donors (Lipinski definition) is 0. The number of likely N-dealkylation sites (tertiary alicyclic amines) is 1. The fourth-order valence-corrected chi connectivity index (χ4v) is 5.19. The highest BCUT2D eigenvalue weighted by molar-refractivity contribution is 7.92. The van der Waals surface area contributed by atoms with Gasteiger partial charge in [0.25, 0.3) is 0 Å². The molecule has 88 valence electrons. The monoisotopic (exact) mass is 231 g/mol. The fourth-order valence-electron chi connectivity index (χ4n) is 2.83. The van der Waals surface area contributed by atoms with Crippen molar-refractivity contribution in [2.24, 2.45) is 5.41 Å². The van der Waals surface area contributed by atoms with Crippen molar-refractivity contribution in [3.63, 3.8) is 0 Å². The zero-order valence-electron chi connectivity index (χ0n) is 9.91. The van der Waals surface area contributed by atoms with Crippen LogP contribution in [-0.2, 0) is 9.84 Å². The maximum absolute atomic E-state index is 11.2. The zero-order chi connectivity index (χ0) is 11.3. The van der Waals surface area contributed by atoms with Gasteiger partial charge in [-0.25, -0.2) is 8.42 Å². The van der Waals surface area contributed by atoms with E-state index in [0.29, 0.717) is 11.5 Å². The maximum atomic E-state index is 11.2. The van der Waals surface area contributed by atoms with Crippen LogP contribution >= 0.6 is 0 Å². The molecule has 0 atom stereocenters. The Morgan fingerprint density at radius 2 is 1.53 bits per heavy atom. The maximum Gasteiger partial charge on any atom is 0.151 e. The average Bonchev–Trinajstić information content (AvgIpc) is 1.99. The second-order valence-electron chi connectivity index (χ2n) is 6.19. The molecule has 0 aromatic rings. The standard InChI is InChI=1S/C11H21NO2S/c1-10(2,3)12-6-4-11(5-7-12)8-15(13,14)9-11/h4-9H2,1-3H3. The van der Waals surface area contributed by atoms with E-state index in [-0.39, 0.29) is 11.0 Å². The molecule has 2 aliphatic rings. The number of piperidine rings is 1. The lowest BCUT2D eigenvalue weighted by atomic mass is 9.80. The third-order valence-corrected chi connectivity index (χ3v) is 5.93. The van der Waals surface area contributed by atoms with Crippen LogP contribution in [0.5, 0.6) is 0 Å². The molecule has 0 aromatic carbocycles. The molecular formula is C11H21NO2S. The Labute approximate surface area is 92.8 Å². The minimum atomic E-state index is -2.66. The van der Waals surface area contributed by atoms with Gasteiger partial charge in [0.05, 0.1) is 11.5 Å². The molecule has 0 bridgehead atoms. The van der Waals surface area contributed by atoms with Gasteiger partial charge in [-0.2, -0.15) is 0 Å². The van der Waals surface area contributed by atoms with Gasteiger partial charge in [0.15, 0.2) is 9.84 Å². The summed E-state index contributed by atoms with van der Waals surface area (Å²) in [6, 6.07) is 0. The molecule has 0 N–H and O–H groups in total. The Kier molecular flexibility index (Phi) is 2.43. The van der Waals surface area contributed by atoms with Crippen LogP contribution in [0.2, 0.25) is 0 Å². The predicted molar refractivity (Wildman–Crippen MR) is 61.6 cm³/mol. The van der Waals surface area contributed by atoms with Crippen molar-refractivity contribution in [1.29, 1.82) is 0 Å². The van der Waals surface area contributed by atoms with Gasteiger partial charge >= 0.3 is 0 Å². The van der Waals surface area contributed by atoms with Crippen molar-refractivity contribution in [2.75, 3.05) is 24.6 Å². The second kappa shape index (κ2) is 3.20. The van der Waals surface area contributed by atoms with Crippen molar-refractivity contribution in [2.45, 2.75) is 39.2 Å². The highest BCUT2D eigenvalue weighted by atomic mass is 32.2. The second-order valence-corrected chi connectivity index (χ2v) is 8.25. The van der Waals surface area contributed by atoms with Crippen LogP contribution in [0.1, 0.15) is 33.6 Å². The van der Waals surface area contributed by atoms with Crippen molar-refractivity contribution < 1.29 is 8.42 Å². The number of nitrogens with zero attached hydrogens (tertiary/aromatic N) is 1. The van der Waals surface area contributed by atoms with Crippen molar-refractivity contribution in [3.8, 4) is 0 Å². The summed E-state index contributed by atoms with van der Waals surface area (Å²) in [6.07, 6.45) is 2.12. The summed E-state index contributed by atoms with van der Waals surface area (Å²) in [4.78, 5) is 2.46. The van der Waals surface area contributed by atoms with Crippen LogP contribution in [0, 0.1) is 5.41 Å². The lowest BCUT2D eigenvalue weighted by molar-refractivity contribution is 0.0557. The molecule has 2 heterocycles. The highest BCUT2D eigenvalue weighted by Crippen LogP contribution is 2.43. The van der Waals surface area contributed by atoms with Gasteiger partial charge in [0.1, 0.15) is 0 Å². The van der Waals surface area contributed by atoms with E-state index in [0.717, 1.165) is 25.9 Å². The molecule has 0 amide bonds. The Bertz CT molecular complexity index is 331. The van der Waals surface area contributed by atoms with Gasteiger partial charge in [-0.3, -0.25) is 4.90 Å². The topological polar surface area (TPSA) is 37.4 Å². The van der Waals surface area contributed by atoms with Crippen molar-refractivity contribution in [1.82, 2.24) is 4.90 Å². The van der Waals surface area contributed by atoms with Gasteiger partial charge < -0.3 is 0 Å². The summed E-state index contributed by atoms with van der Waals surface area (Å²) in [5, 5.41) is 0. The summed E-state index contributed by atoms with van der Waals surface area (Å²) in [5.41, 5.74) is 0.380. The minimum absolute atomic E-state index is 0.153. The van der Waals surface area contributed by atoms with E-state index in [1.54, 1.807) is 0 Å². The molecule has 2 saturated heterocycles.